The molecule has 2 aromatic carbocycles. The van der Waals surface area contributed by atoms with Crippen LogP contribution in [0.4, 0.5) is 30.2 Å². The summed E-state index contributed by atoms with van der Waals surface area (Å²) in [5.41, 5.74) is 12.8. The minimum absolute atomic E-state index is 0.0794. The third kappa shape index (κ3) is 9.22. The molecule has 38 heavy (non-hydrogen) atoms. The normalized spacial score (nSPS) is 11.3. The van der Waals surface area contributed by atoms with Gasteiger partial charge in [-0.3, -0.25) is 10.4 Å². The molecule has 0 atom stereocenters. The van der Waals surface area contributed by atoms with Crippen LogP contribution in [-0.4, -0.2) is 47.2 Å². The molecule has 204 valence electrons. The molecule has 0 aliphatic heterocycles. The number of ether oxygens (including phenoxy) is 1. The molecule has 0 unspecified atom stereocenters. The smallest absolute Gasteiger partial charge is 0.393 e. The summed E-state index contributed by atoms with van der Waals surface area (Å²) in [6, 6.07) is 10.4. The SMILES string of the molecule is N#CCc1cc(CNCCCCOCCNc2cc(-n3cnnc3)cc(NN)c2N)cc(CC(F)(F)F)c1. The lowest BCUT2D eigenvalue weighted by molar-refractivity contribution is -0.127. The Balaban J connectivity index is 1.34. The average Bonchev–Trinajstić information content (AvgIpc) is 3.40. The van der Waals surface area contributed by atoms with E-state index in [0.29, 0.717) is 55.5 Å². The van der Waals surface area contributed by atoms with E-state index in [1.807, 2.05) is 12.1 Å². The van der Waals surface area contributed by atoms with E-state index in [1.165, 1.54) is 6.07 Å². The van der Waals surface area contributed by atoms with Gasteiger partial charge in [0, 0.05) is 19.7 Å². The van der Waals surface area contributed by atoms with Crippen LogP contribution < -0.4 is 27.6 Å². The van der Waals surface area contributed by atoms with Gasteiger partial charge in [-0.15, -0.1) is 10.2 Å². The maximum atomic E-state index is 12.8. The van der Waals surface area contributed by atoms with Gasteiger partial charge < -0.3 is 26.5 Å². The van der Waals surface area contributed by atoms with Crippen LogP contribution in [0.2, 0.25) is 0 Å². The fourth-order valence-corrected chi connectivity index (χ4v) is 3.90. The van der Waals surface area contributed by atoms with Gasteiger partial charge in [-0.05, 0) is 48.2 Å². The lowest BCUT2D eigenvalue weighted by atomic mass is 10.0. The van der Waals surface area contributed by atoms with Crippen LogP contribution in [-0.2, 0) is 24.1 Å². The first-order chi connectivity index (χ1) is 18.3. The third-order valence-corrected chi connectivity index (χ3v) is 5.62. The van der Waals surface area contributed by atoms with Gasteiger partial charge in [0.05, 0.1) is 48.3 Å². The van der Waals surface area contributed by atoms with E-state index >= 15 is 0 Å². The summed E-state index contributed by atoms with van der Waals surface area (Å²) >= 11 is 0. The molecule has 3 rings (SSSR count). The number of halogens is 3. The molecular weight excluding hydrogens is 499 g/mol. The second kappa shape index (κ2) is 14.2. The predicted molar refractivity (Wildman–Crippen MR) is 139 cm³/mol. The van der Waals surface area contributed by atoms with E-state index in [2.05, 4.69) is 26.3 Å². The summed E-state index contributed by atoms with van der Waals surface area (Å²) in [5, 5.41) is 23.0. The number of hydrazine groups is 1. The Morgan fingerprint density at radius 3 is 2.37 bits per heavy atom. The second-order valence-corrected chi connectivity index (χ2v) is 8.68. The number of alkyl halides is 3. The number of nitrogens with zero attached hydrogens (tertiary/aromatic N) is 4. The molecule has 1 heterocycles. The number of nitrogens with two attached hydrogens (primary N) is 2. The van der Waals surface area contributed by atoms with Crippen molar-refractivity contribution in [2.24, 2.45) is 5.84 Å². The van der Waals surface area contributed by atoms with Crippen LogP contribution in [0.15, 0.2) is 43.0 Å². The van der Waals surface area contributed by atoms with E-state index in [4.69, 9.17) is 21.6 Å². The minimum atomic E-state index is -4.29. The van der Waals surface area contributed by atoms with Crippen LogP contribution in [0.1, 0.15) is 29.5 Å². The Morgan fingerprint density at radius 2 is 1.66 bits per heavy atom. The second-order valence-electron chi connectivity index (χ2n) is 8.68. The number of hydrogen-bond acceptors (Lipinski definition) is 9. The van der Waals surface area contributed by atoms with Crippen molar-refractivity contribution < 1.29 is 17.9 Å². The molecule has 13 heteroatoms. The summed E-state index contributed by atoms with van der Waals surface area (Å²) in [6.07, 6.45) is -0.388. The van der Waals surface area contributed by atoms with E-state index in [0.717, 1.165) is 24.1 Å². The van der Waals surface area contributed by atoms with Gasteiger partial charge >= 0.3 is 6.18 Å². The van der Waals surface area contributed by atoms with Crippen molar-refractivity contribution in [3.05, 3.63) is 59.7 Å². The molecule has 0 radical (unpaired) electrons. The summed E-state index contributed by atoms with van der Waals surface area (Å²) in [6.45, 7) is 2.72. The van der Waals surface area contributed by atoms with Crippen LogP contribution in [0.25, 0.3) is 5.69 Å². The number of unbranched alkanes of at least 4 members (excludes halogenated alkanes) is 1. The minimum Gasteiger partial charge on any atom is -0.395 e. The molecular formula is C25H32F3N9O. The van der Waals surface area contributed by atoms with Crippen LogP contribution in [0.5, 0.6) is 0 Å². The maximum absolute atomic E-state index is 12.8. The number of anilines is 3. The standard InChI is InChI=1S/C25H32F3N9O/c26-25(27,28)14-19-9-18(3-4-29)10-20(11-19)15-32-5-1-2-7-38-8-6-33-22-12-21(37-16-34-35-17-37)13-23(36-31)24(22)30/h9-13,16-17,32-33,36H,1-3,5-8,14-15,30-31H2. The highest BCUT2D eigenvalue weighted by atomic mass is 19.4. The summed E-state index contributed by atoms with van der Waals surface area (Å²) < 4.78 is 45.8. The fourth-order valence-electron chi connectivity index (χ4n) is 3.90. The van der Waals surface area contributed by atoms with E-state index in [1.54, 1.807) is 35.4 Å². The van der Waals surface area contributed by atoms with Gasteiger partial charge in [0.2, 0.25) is 0 Å². The molecule has 7 N–H and O–H groups in total. The quantitative estimate of drug-likeness (QED) is 0.0861. The average molecular weight is 532 g/mol. The van der Waals surface area contributed by atoms with Crippen molar-refractivity contribution in [3.8, 4) is 11.8 Å². The molecule has 0 amide bonds. The monoisotopic (exact) mass is 531 g/mol. The molecule has 10 nitrogen and oxygen atoms in total. The first-order valence-corrected chi connectivity index (χ1v) is 12.1. The number of hydrogen-bond donors (Lipinski definition) is 5. The summed E-state index contributed by atoms with van der Waals surface area (Å²) in [7, 11) is 0. The van der Waals surface area contributed by atoms with E-state index in [-0.39, 0.29) is 12.0 Å². The van der Waals surface area contributed by atoms with Crippen molar-refractivity contribution in [1.29, 1.82) is 5.26 Å². The number of nitrogens with one attached hydrogen (secondary N) is 3. The molecule has 0 aliphatic rings. The number of nitrogen functional groups attached to an aromatic ring is 2. The lowest BCUT2D eigenvalue weighted by Gasteiger charge is -2.15. The first-order valence-electron chi connectivity index (χ1n) is 12.1. The zero-order valence-electron chi connectivity index (χ0n) is 20.9. The van der Waals surface area contributed by atoms with Gasteiger partial charge in [-0.2, -0.15) is 18.4 Å². The Bertz CT molecular complexity index is 1190. The van der Waals surface area contributed by atoms with Crippen molar-refractivity contribution in [1.82, 2.24) is 20.1 Å². The highest BCUT2D eigenvalue weighted by Gasteiger charge is 2.27. The van der Waals surface area contributed by atoms with E-state index in [9.17, 15) is 13.2 Å². The highest BCUT2D eigenvalue weighted by Crippen LogP contribution is 2.30. The number of aromatic nitrogens is 3. The highest BCUT2D eigenvalue weighted by molar-refractivity contribution is 5.82. The Morgan fingerprint density at radius 1 is 0.947 bits per heavy atom. The Hall–Kier alpha value is -3.86. The summed E-state index contributed by atoms with van der Waals surface area (Å²) in [4.78, 5) is 0. The molecule has 0 spiro atoms. The number of benzene rings is 2. The first kappa shape index (κ1) is 28.7. The molecule has 0 fully saturated rings. The Kier molecular flexibility index (Phi) is 10.7. The molecule has 0 aliphatic carbocycles. The lowest BCUT2D eigenvalue weighted by Crippen LogP contribution is -2.17. The van der Waals surface area contributed by atoms with Gasteiger partial charge in [0.15, 0.2) is 0 Å². The van der Waals surface area contributed by atoms with Gasteiger partial charge in [-0.1, -0.05) is 18.2 Å². The van der Waals surface area contributed by atoms with Crippen LogP contribution in [0, 0.1) is 11.3 Å². The molecule has 3 aromatic rings. The molecule has 0 saturated carbocycles. The largest absolute Gasteiger partial charge is 0.395 e. The summed E-state index contributed by atoms with van der Waals surface area (Å²) in [5.74, 6) is 5.59. The number of rotatable bonds is 15. The van der Waals surface area contributed by atoms with Crippen molar-refractivity contribution in [2.45, 2.75) is 38.4 Å². The zero-order chi connectivity index (χ0) is 27.4. The van der Waals surface area contributed by atoms with Crippen molar-refractivity contribution in [3.63, 3.8) is 0 Å². The van der Waals surface area contributed by atoms with Gasteiger partial charge in [0.1, 0.15) is 12.7 Å². The van der Waals surface area contributed by atoms with Crippen LogP contribution >= 0.6 is 0 Å². The van der Waals surface area contributed by atoms with Gasteiger partial charge in [0.25, 0.3) is 0 Å². The van der Waals surface area contributed by atoms with Gasteiger partial charge in [-0.25, -0.2) is 0 Å². The van der Waals surface area contributed by atoms with Crippen molar-refractivity contribution >= 4 is 17.1 Å². The van der Waals surface area contributed by atoms with E-state index < -0.39 is 12.6 Å². The predicted octanol–water partition coefficient (Wildman–Crippen LogP) is 3.30. The zero-order valence-corrected chi connectivity index (χ0v) is 20.9. The Labute approximate surface area is 219 Å². The number of nitriles is 1. The molecule has 0 bridgehead atoms. The molecule has 1 aromatic heterocycles. The maximum Gasteiger partial charge on any atom is 0.393 e. The van der Waals surface area contributed by atoms with Crippen molar-refractivity contribution in [2.75, 3.05) is 42.8 Å². The third-order valence-electron chi connectivity index (χ3n) is 5.62. The topological polar surface area (TPSA) is 152 Å². The fraction of sp³-hybridized carbons (Fsp3) is 0.400. The van der Waals surface area contributed by atoms with Crippen LogP contribution in [0.3, 0.4) is 0 Å². The molecule has 0 saturated heterocycles.